The molecular formula is C34H42Cl2N2O6. The minimum atomic E-state index is -1.19. The number of alkyl halides is 2. The summed E-state index contributed by atoms with van der Waals surface area (Å²) in [4.78, 5) is 68.5. The van der Waals surface area contributed by atoms with Crippen LogP contribution >= 0.6 is 23.2 Å². The lowest BCUT2D eigenvalue weighted by atomic mass is 9.86. The third kappa shape index (κ3) is 7.45. The van der Waals surface area contributed by atoms with Crippen LogP contribution in [0.5, 0.6) is 0 Å². The Morgan fingerprint density at radius 3 is 2.25 bits per heavy atom. The van der Waals surface area contributed by atoms with Crippen LogP contribution in [-0.2, 0) is 36.8 Å². The van der Waals surface area contributed by atoms with Crippen LogP contribution in [-0.4, -0.2) is 62.8 Å². The Balaban J connectivity index is 1.59. The largest absolute Gasteiger partial charge is 0.444 e. The van der Waals surface area contributed by atoms with E-state index in [9.17, 15) is 24.0 Å². The second kappa shape index (κ2) is 13.6. The highest BCUT2D eigenvalue weighted by Crippen LogP contribution is 2.65. The van der Waals surface area contributed by atoms with Crippen molar-refractivity contribution in [2.24, 2.45) is 23.7 Å². The summed E-state index contributed by atoms with van der Waals surface area (Å²) in [6, 6.07) is 5.94. The molecule has 3 aliphatic rings. The summed E-state index contributed by atoms with van der Waals surface area (Å²) in [5, 5.41) is 2.81. The first-order valence-electron chi connectivity index (χ1n) is 15.3. The van der Waals surface area contributed by atoms with Gasteiger partial charge >= 0.3 is 6.09 Å². The van der Waals surface area contributed by atoms with Gasteiger partial charge < -0.3 is 15.0 Å². The Hall–Kier alpha value is -2.97. The van der Waals surface area contributed by atoms with Crippen molar-refractivity contribution in [3.63, 3.8) is 0 Å². The van der Waals surface area contributed by atoms with Gasteiger partial charge in [-0.2, -0.15) is 0 Å². The summed E-state index contributed by atoms with van der Waals surface area (Å²) < 4.78 is 4.32. The Morgan fingerprint density at radius 2 is 1.68 bits per heavy atom. The van der Waals surface area contributed by atoms with Crippen molar-refractivity contribution >= 4 is 52.6 Å². The average molecular weight is 646 g/mol. The SMILES string of the molecule is C=CCCC(=O)C(=O)C(CCC=C)CC(=O)[C@@H]1[C@@H]2[C@H](CN1C(=O)[C@@H](NC(=O)OC(C)(C)C)C1Cc3ccccc3C1)C2(Cl)Cl. The van der Waals surface area contributed by atoms with E-state index in [1.54, 1.807) is 32.9 Å². The molecule has 1 aromatic carbocycles. The summed E-state index contributed by atoms with van der Waals surface area (Å²) >= 11 is 13.1. The number of ether oxygens (including phenoxy) is 1. The molecule has 0 bridgehead atoms. The lowest BCUT2D eigenvalue weighted by molar-refractivity contribution is -0.143. The lowest BCUT2D eigenvalue weighted by Gasteiger charge is -2.35. The second-order valence-corrected chi connectivity index (χ2v) is 14.6. The molecule has 1 saturated carbocycles. The predicted molar refractivity (Wildman–Crippen MR) is 169 cm³/mol. The number of benzene rings is 1. The number of carbonyl (C=O) groups is 5. The maximum atomic E-state index is 14.4. The van der Waals surface area contributed by atoms with E-state index in [-0.39, 0.29) is 43.4 Å². The molecule has 1 aromatic rings. The maximum Gasteiger partial charge on any atom is 0.408 e. The Kier molecular flexibility index (Phi) is 10.5. The van der Waals surface area contributed by atoms with E-state index in [0.29, 0.717) is 25.7 Å². The van der Waals surface area contributed by atoms with E-state index in [4.69, 9.17) is 27.9 Å². The summed E-state index contributed by atoms with van der Waals surface area (Å²) in [6.07, 6.45) is 4.49. The minimum absolute atomic E-state index is 0.0219. The first kappa shape index (κ1) is 33.9. The third-order valence-corrected chi connectivity index (χ3v) is 9.89. The predicted octanol–water partition coefficient (Wildman–Crippen LogP) is 5.57. The Labute approximate surface area is 269 Å². The maximum absolute atomic E-state index is 14.4. The minimum Gasteiger partial charge on any atom is -0.444 e. The van der Waals surface area contributed by atoms with Gasteiger partial charge in [0.05, 0.1) is 6.04 Å². The molecule has 1 saturated heterocycles. The average Bonchev–Trinajstić information content (AvgIpc) is 3.33. The first-order chi connectivity index (χ1) is 20.7. The lowest BCUT2D eigenvalue weighted by Crippen LogP contribution is -2.57. The number of amides is 2. The standard InChI is InChI=1S/C34H42Cl2N2O6/c1-6-8-12-22(30(41)25(39)15-9-7-2)18-26(40)29-27-24(34(27,35)36)19-38(29)31(42)28(37-32(43)44-33(3,4)5)23-16-20-13-10-11-14-21(20)17-23/h6-7,10-11,13-14,22-24,27-29H,1-2,8-9,12,15-19H2,3-5H3,(H,37,43)/t22?,24-,27-,28-,29+/m0/s1. The fraction of sp³-hybridized carbons (Fsp3) is 0.559. The number of nitrogens with one attached hydrogen (secondary N) is 1. The number of fused-ring (bicyclic) bond motifs is 2. The van der Waals surface area contributed by atoms with Gasteiger partial charge in [-0.05, 0) is 69.9 Å². The normalized spacial score (nSPS) is 23.1. The van der Waals surface area contributed by atoms with Crippen LogP contribution in [0, 0.1) is 23.7 Å². The number of ketones is 3. The number of halogens is 2. The van der Waals surface area contributed by atoms with E-state index in [1.807, 2.05) is 24.3 Å². The van der Waals surface area contributed by atoms with Gasteiger partial charge in [-0.1, -0.05) is 36.4 Å². The smallest absolute Gasteiger partial charge is 0.408 e. The number of likely N-dealkylation sites (tertiary alicyclic amines) is 1. The number of rotatable bonds is 14. The van der Waals surface area contributed by atoms with Crippen molar-refractivity contribution in [1.29, 1.82) is 0 Å². The van der Waals surface area contributed by atoms with Gasteiger partial charge in [-0.25, -0.2) is 4.79 Å². The van der Waals surface area contributed by atoms with Crippen LogP contribution in [0.3, 0.4) is 0 Å². The van der Waals surface area contributed by atoms with Crippen LogP contribution in [0.15, 0.2) is 49.6 Å². The molecule has 1 unspecified atom stereocenters. The topological polar surface area (TPSA) is 110 Å². The molecule has 2 amide bonds. The Bertz CT molecular complexity index is 1310. The summed E-state index contributed by atoms with van der Waals surface area (Å²) in [7, 11) is 0. The molecule has 8 nitrogen and oxygen atoms in total. The Morgan fingerprint density at radius 1 is 1.07 bits per heavy atom. The third-order valence-electron chi connectivity index (χ3n) is 8.83. The fourth-order valence-corrected chi connectivity index (χ4v) is 7.44. The second-order valence-electron chi connectivity index (χ2n) is 13.2. The molecule has 238 valence electrons. The van der Waals surface area contributed by atoms with Gasteiger partial charge in [0.15, 0.2) is 11.6 Å². The van der Waals surface area contributed by atoms with E-state index in [1.165, 1.54) is 4.90 Å². The van der Waals surface area contributed by atoms with Crippen LogP contribution in [0.2, 0.25) is 0 Å². The van der Waals surface area contributed by atoms with Gasteiger partial charge in [0.1, 0.15) is 16.0 Å². The highest BCUT2D eigenvalue weighted by molar-refractivity contribution is 6.51. The van der Waals surface area contributed by atoms with E-state index in [0.717, 1.165) is 11.1 Å². The molecule has 5 atom stereocenters. The number of carbonyl (C=O) groups excluding carboxylic acids is 5. The molecule has 0 aromatic heterocycles. The molecule has 1 heterocycles. The summed E-state index contributed by atoms with van der Waals surface area (Å²) in [6.45, 7) is 12.7. The number of alkyl carbamates (subject to hydrolysis) is 1. The zero-order chi connectivity index (χ0) is 32.4. The first-order valence-corrected chi connectivity index (χ1v) is 16.0. The van der Waals surface area contributed by atoms with Crippen molar-refractivity contribution in [2.45, 2.75) is 87.7 Å². The van der Waals surface area contributed by atoms with Crippen molar-refractivity contribution in [3.8, 4) is 0 Å². The van der Waals surface area contributed by atoms with Gasteiger partial charge in [-0.15, -0.1) is 36.4 Å². The molecule has 44 heavy (non-hydrogen) atoms. The van der Waals surface area contributed by atoms with Crippen LogP contribution in [0.4, 0.5) is 4.79 Å². The van der Waals surface area contributed by atoms with Crippen molar-refractivity contribution in [2.75, 3.05) is 6.54 Å². The molecule has 1 N–H and O–H groups in total. The van der Waals surface area contributed by atoms with E-state index in [2.05, 4.69) is 18.5 Å². The monoisotopic (exact) mass is 644 g/mol. The quantitative estimate of drug-likeness (QED) is 0.161. The molecule has 0 spiro atoms. The van der Waals surface area contributed by atoms with Crippen molar-refractivity contribution < 1.29 is 28.7 Å². The molecule has 4 rings (SSSR count). The van der Waals surface area contributed by atoms with Gasteiger partial charge in [0.25, 0.3) is 0 Å². The number of Topliss-reactive ketones (excluding diaryl/α,β-unsaturated/α-hetero) is 3. The number of hydrogen-bond acceptors (Lipinski definition) is 6. The molecule has 0 radical (unpaired) electrons. The van der Waals surface area contributed by atoms with E-state index < -0.39 is 57.4 Å². The summed E-state index contributed by atoms with van der Waals surface area (Å²) in [5.74, 6) is -3.92. The summed E-state index contributed by atoms with van der Waals surface area (Å²) in [5.41, 5.74) is 1.42. The zero-order valence-electron chi connectivity index (χ0n) is 25.7. The fourth-order valence-electron chi connectivity index (χ4n) is 6.62. The molecule has 10 heteroatoms. The van der Waals surface area contributed by atoms with Crippen molar-refractivity contribution in [1.82, 2.24) is 10.2 Å². The van der Waals surface area contributed by atoms with E-state index >= 15 is 0 Å². The highest BCUT2D eigenvalue weighted by atomic mass is 35.5. The number of nitrogens with zero attached hydrogens (tertiary/aromatic N) is 1. The number of piperidine rings is 1. The molecule has 2 aliphatic carbocycles. The number of hydrogen-bond donors (Lipinski definition) is 1. The van der Waals surface area contributed by atoms with Crippen LogP contribution < -0.4 is 5.32 Å². The molecule has 2 fully saturated rings. The molecule has 1 aliphatic heterocycles. The van der Waals surface area contributed by atoms with Gasteiger partial charge in [0, 0.05) is 37.1 Å². The van der Waals surface area contributed by atoms with Crippen molar-refractivity contribution in [3.05, 3.63) is 60.7 Å². The molecular weight excluding hydrogens is 603 g/mol. The zero-order valence-corrected chi connectivity index (χ0v) is 27.2. The van der Waals surface area contributed by atoms with Crippen LogP contribution in [0.1, 0.15) is 64.0 Å². The van der Waals surface area contributed by atoms with Crippen LogP contribution in [0.25, 0.3) is 0 Å². The number of allylic oxidation sites excluding steroid dienone is 2. The highest BCUT2D eigenvalue weighted by Gasteiger charge is 2.73. The van der Waals surface area contributed by atoms with Gasteiger partial charge in [-0.3, -0.25) is 19.2 Å². The van der Waals surface area contributed by atoms with Gasteiger partial charge in [0.2, 0.25) is 11.7 Å².